The van der Waals surface area contributed by atoms with Crippen LogP contribution < -0.4 is 10.1 Å². The highest BCUT2D eigenvalue weighted by Crippen LogP contribution is 2.17. The van der Waals surface area contributed by atoms with Gasteiger partial charge in [-0.05, 0) is 29.8 Å². The van der Waals surface area contributed by atoms with E-state index >= 15 is 0 Å². The molecule has 0 amide bonds. The Labute approximate surface area is 138 Å². The van der Waals surface area contributed by atoms with Gasteiger partial charge in [-0.3, -0.25) is 0 Å². The molecule has 112 valence electrons. The summed E-state index contributed by atoms with van der Waals surface area (Å²) < 4.78 is 6.55. The number of aliphatic hydroxyl groups excluding tert-OH is 1. The normalized spacial score (nSPS) is 12.1. The largest absolute Gasteiger partial charge is 0.491 e. The van der Waals surface area contributed by atoms with E-state index < -0.39 is 6.10 Å². The molecule has 0 fully saturated rings. The minimum Gasteiger partial charge on any atom is -0.491 e. The molecule has 0 heterocycles. The van der Waals surface area contributed by atoms with Crippen LogP contribution in [-0.2, 0) is 6.54 Å². The Balaban J connectivity index is 1.70. The van der Waals surface area contributed by atoms with Crippen LogP contribution in [-0.4, -0.2) is 24.4 Å². The molecule has 0 radical (unpaired) electrons. The molecular weight excluding hydrogens is 354 g/mol. The predicted octanol–water partition coefficient (Wildman–Crippen LogP) is 3.63. The monoisotopic (exact) mass is 369 g/mol. The third-order valence-corrected chi connectivity index (χ3v) is 3.90. The molecular formula is C16H17BrClNO2. The Morgan fingerprint density at radius 3 is 2.76 bits per heavy atom. The second-order valence-corrected chi connectivity index (χ2v) is 5.94. The minimum atomic E-state index is -0.577. The van der Waals surface area contributed by atoms with Crippen molar-refractivity contribution in [2.45, 2.75) is 12.6 Å². The number of hydrogen-bond donors (Lipinski definition) is 2. The Morgan fingerprint density at radius 1 is 1.19 bits per heavy atom. The van der Waals surface area contributed by atoms with E-state index in [0.717, 1.165) is 10.0 Å². The lowest BCUT2D eigenvalue weighted by Crippen LogP contribution is -2.31. The van der Waals surface area contributed by atoms with E-state index in [9.17, 15) is 5.11 Å². The van der Waals surface area contributed by atoms with Crippen LogP contribution in [0.5, 0.6) is 5.75 Å². The fourth-order valence-electron chi connectivity index (χ4n) is 1.82. The standard InChI is InChI=1S/C16H17BrClNO2/c17-16-7-2-1-4-12(16)9-19-10-14(20)11-21-15-6-3-5-13(18)8-15/h1-8,14,19-20H,9-11H2. The SMILES string of the molecule is OC(CNCc1ccccc1Br)COc1cccc(Cl)c1. The van der Waals surface area contributed by atoms with Gasteiger partial charge in [-0.2, -0.15) is 0 Å². The maximum atomic E-state index is 9.89. The van der Waals surface area contributed by atoms with Gasteiger partial charge in [0, 0.05) is 22.6 Å². The number of hydrogen-bond acceptors (Lipinski definition) is 3. The van der Waals surface area contributed by atoms with E-state index in [-0.39, 0.29) is 6.61 Å². The Bertz CT molecular complexity index is 580. The van der Waals surface area contributed by atoms with Crippen LogP contribution in [0, 0.1) is 0 Å². The highest BCUT2D eigenvalue weighted by Gasteiger charge is 2.06. The average molecular weight is 371 g/mol. The van der Waals surface area contributed by atoms with Crippen molar-refractivity contribution < 1.29 is 9.84 Å². The second-order valence-electron chi connectivity index (χ2n) is 4.64. The first-order valence-corrected chi connectivity index (χ1v) is 7.83. The van der Waals surface area contributed by atoms with E-state index in [2.05, 4.69) is 21.2 Å². The van der Waals surface area contributed by atoms with Gasteiger partial charge in [0.1, 0.15) is 18.5 Å². The molecule has 2 aromatic carbocycles. The van der Waals surface area contributed by atoms with Crippen LogP contribution in [0.25, 0.3) is 0 Å². The van der Waals surface area contributed by atoms with Gasteiger partial charge in [0.2, 0.25) is 0 Å². The molecule has 1 atom stereocenters. The summed E-state index contributed by atoms with van der Waals surface area (Å²) in [4.78, 5) is 0. The lowest BCUT2D eigenvalue weighted by Gasteiger charge is -2.14. The van der Waals surface area contributed by atoms with Gasteiger partial charge in [-0.1, -0.05) is 51.8 Å². The van der Waals surface area contributed by atoms with Crippen molar-refractivity contribution in [1.82, 2.24) is 5.32 Å². The lowest BCUT2D eigenvalue weighted by atomic mass is 10.2. The molecule has 0 bridgehead atoms. The maximum Gasteiger partial charge on any atom is 0.120 e. The molecule has 0 saturated carbocycles. The maximum absolute atomic E-state index is 9.89. The van der Waals surface area contributed by atoms with Crippen LogP contribution in [0.1, 0.15) is 5.56 Å². The van der Waals surface area contributed by atoms with E-state index in [0.29, 0.717) is 23.9 Å². The summed E-state index contributed by atoms with van der Waals surface area (Å²) in [6.45, 7) is 1.38. The molecule has 0 aliphatic rings. The number of aliphatic hydroxyl groups is 1. The second kappa shape index (κ2) is 8.39. The van der Waals surface area contributed by atoms with Crippen LogP contribution in [0.2, 0.25) is 5.02 Å². The van der Waals surface area contributed by atoms with E-state index in [4.69, 9.17) is 16.3 Å². The molecule has 1 unspecified atom stereocenters. The van der Waals surface area contributed by atoms with Crippen molar-refractivity contribution >= 4 is 27.5 Å². The molecule has 2 N–H and O–H groups in total. The number of nitrogens with one attached hydrogen (secondary N) is 1. The van der Waals surface area contributed by atoms with Gasteiger partial charge in [0.15, 0.2) is 0 Å². The van der Waals surface area contributed by atoms with Gasteiger partial charge in [-0.15, -0.1) is 0 Å². The lowest BCUT2D eigenvalue weighted by molar-refractivity contribution is 0.106. The Kier molecular flexibility index (Phi) is 6.51. The summed E-state index contributed by atoms with van der Waals surface area (Å²) in [5.74, 6) is 0.660. The molecule has 0 aromatic heterocycles. The third-order valence-electron chi connectivity index (χ3n) is 2.89. The Hall–Kier alpha value is -1.07. The van der Waals surface area contributed by atoms with E-state index in [1.807, 2.05) is 36.4 Å². The zero-order valence-electron chi connectivity index (χ0n) is 11.4. The van der Waals surface area contributed by atoms with Crippen molar-refractivity contribution in [3.05, 3.63) is 63.6 Å². The fraction of sp³-hybridized carbons (Fsp3) is 0.250. The Morgan fingerprint density at radius 2 is 2.00 bits per heavy atom. The molecule has 0 saturated heterocycles. The summed E-state index contributed by atoms with van der Waals surface area (Å²) in [6, 6.07) is 15.1. The minimum absolute atomic E-state index is 0.225. The van der Waals surface area contributed by atoms with Crippen molar-refractivity contribution in [3.8, 4) is 5.75 Å². The molecule has 3 nitrogen and oxygen atoms in total. The zero-order valence-corrected chi connectivity index (χ0v) is 13.8. The molecule has 2 rings (SSSR count). The van der Waals surface area contributed by atoms with Crippen molar-refractivity contribution in [1.29, 1.82) is 0 Å². The van der Waals surface area contributed by atoms with Gasteiger partial charge in [0.25, 0.3) is 0 Å². The molecule has 5 heteroatoms. The predicted molar refractivity (Wildman–Crippen MR) is 88.8 cm³/mol. The number of halogens is 2. The summed E-state index contributed by atoms with van der Waals surface area (Å²) >= 11 is 9.36. The van der Waals surface area contributed by atoms with Crippen LogP contribution in [0.15, 0.2) is 53.0 Å². The van der Waals surface area contributed by atoms with Crippen LogP contribution in [0.3, 0.4) is 0 Å². The molecule has 0 aliphatic heterocycles. The molecule has 0 aliphatic carbocycles. The number of ether oxygens (including phenoxy) is 1. The third kappa shape index (κ3) is 5.67. The highest BCUT2D eigenvalue weighted by atomic mass is 79.9. The smallest absolute Gasteiger partial charge is 0.120 e. The average Bonchev–Trinajstić information content (AvgIpc) is 2.47. The van der Waals surface area contributed by atoms with Gasteiger partial charge < -0.3 is 15.2 Å². The first-order valence-electron chi connectivity index (χ1n) is 6.65. The highest BCUT2D eigenvalue weighted by molar-refractivity contribution is 9.10. The topological polar surface area (TPSA) is 41.5 Å². The molecule has 2 aromatic rings. The van der Waals surface area contributed by atoms with E-state index in [1.54, 1.807) is 12.1 Å². The molecule has 21 heavy (non-hydrogen) atoms. The first-order chi connectivity index (χ1) is 10.1. The summed E-state index contributed by atoms with van der Waals surface area (Å²) in [7, 11) is 0. The fourth-order valence-corrected chi connectivity index (χ4v) is 2.43. The number of benzene rings is 2. The summed E-state index contributed by atoms with van der Waals surface area (Å²) in [5.41, 5.74) is 1.15. The quantitative estimate of drug-likeness (QED) is 0.782. The number of rotatable bonds is 7. The van der Waals surface area contributed by atoms with E-state index in [1.165, 1.54) is 0 Å². The molecule has 0 spiro atoms. The van der Waals surface area contributed by atoms with Crippen LogP contribution in [0.4, 0.5) is 0 Å². The van der Waals surface area contributed by atoms with Crippen LogP contribution >= 0.6 is 27.5 Å². The summed E-state index contributed by atoms with van der Waals surface area (Å²) in [5, 5.41) is 13.7. The van der Waals surface area contributed by atoms with Crippen molar-refractivity contribution in [2.75, 3.05) is 13.2 Å². The van der Waals surface area contributed by atoms with Gasteiger partial charge in [0.05, 0.1) is 0 Å². The first kappa shape index (κ1) is 16.3. The zero-order chi connectivity index (χ0) is 15.1. The van der Waals surface area contributed by atoms with Crippen molar-refractivity contribution in [2.24, 2.45) is 0 Å². The van der Waals surface area contributed by atoms with Gasteiger partial charge in [-0.25, -0.2) is 0 Å². The van der Waals surface area contributed by atoms with Crippen molar-refractivity contribution in [3.63, 3.8) is 0 Å². The summed E-state index contributed by atoms with van der Waals surface area (Å²) in [6.07, 6.45) is -0.577. The van der Waals surface area contributed by atoms with Gasteiger partial charge >= 0.3 is 0 Å².